The molecule has 0 radical (unpaired) electrons. The predicted molar refractivity (Wildman–Crippen MR) is 72.6 cm³/mol. The summed E-state index contributed by atoms with van der Waals surface area (Å²) in [6.45, 7) is 5.15. The lowest BCUT2D eigenvalue weighted by atomic mass is 9.86. The molecule has 104 valence electrons. The molecule has 0 aliphatic carbocycles. The molecular formula is C12H14Cl2N2O3. The Hall–Kier alpha value is -1.33. The third-order valence-electron chi connectivity index (χ3n) is 2.45. The third kappa shape index (κ3) is 4.08. The zero-order valence-corrected chi connectivity index (χ0v) is 12.2. The van der Waals surface area contributed by atoms with Gasteiger partial charge in [0.05, 0.1) is 5.56 Å². The topological polar surface area (TPSA) is 79.3 Å². The maximum atomic E-state index is 12.0. The second-order valence-corrected chi connectivity index (χ2v) is 5.83. The van der Waals surface area contributed by atoms with E-state index in [2.05, 4.69) is 10.3 Å². The summed E-state index contributed by atoms with van der Waals surface area (Å²) in [5.74, 6) is -1.71. The van der Waals surface area contributed by atoms with Crippen molar-refractivity contribution < 1.29 is 14.7 Å². The first kappa shape index (κ1) is 15.7. The van der Waals surface area contributed by atoms with Crippen molar-refractivity contribution in [3.05, 3.63) is 28.0 Å². The number of halogens is 2. The summed E-state index contributed by atoms with van der Waals surface area (Å²) in [6.07, 6.45) is 0. The first-order valence-electron chi connectivity index (χ1n) is 5.48. The summed E-state index contributed by atoms with van der Waals surface area (Å²) in [5.41, 5.74) is -0.546. The molecule has 1 amide bonds. The number of nitrogens with zero attached hydrogens (tertiary/aromatic N) is 1. The minimum absolute atomic E-state index is 0.0666. The maximum Gasteiger partial charge on any atom is 0.326 e. The molecule has 1 rings (SSSR count). The number of aromatic nitrogens is 1. The zero-order valence-electron chi connectivity index (χ0n) is 10.7. The first-order chi connectivity index (χ1) is 8.62. The van der Waals surface area contributed by atoms with Crippen LogP contribution in [0.1, 0.15) is 31.1 Å². The van der Waals surface area contributed by atoms with Crippen LogP contribution < -0.4 is 5.32 Å². The summed E-state index contributed by atoms with van der Waals surface area (Å²) >= 11 is 11.4. The second kappa shape index (κ2) is 5.75. The molecule has 7 heteroatoms. The van der Waals surface area contributed by atoms with Gasteiger partial charge in [-0.15, -0.1) is 0 Å². The van der Waals surface area contributed by atoms with Crippen LogP contribution in [-0.2, 0) is 4.79 Å². The summed E-state index contributed by atoms with van der Waals surface area (Å²) in [5, 5.41) is 11.7. The third-order valence-corrected chi connectivity index (χ3v) is 2.95. The zero-order chi connectivity index (χ0) is 14.8. The van der Waals surface area contributed by atoms with Gasteiger partial charge in [0.25, 0.3) is 5.91 Å². The molecule has 1 unspecified atom stereocenters. The SMILES string of the molecule is CC(C)(C)C(NC(=O)c1ccc(Cl)nc1Cl)C(=O)O. The van der Waals surface area contributed by atoms with Crippen molar-refractivity contribution in [1.29, 1.82) is 0 Å². The summed E-state index contributed by atoms with van der Waals surface area (Å²) in [6, 6.07) is 1.77. The molecule has 0 saturated heterocycles. The van der Waals surface area contributed by atoms with E-state index < -0.39 is 23.3 Å². The number of carbonyl (C=O) groups is 2. The maximum absolute atomic E-state index is 12.0. The highest BCUT2D eigenvalue weighted by Gasteiger charge is 2.33. The number of carbonyl (C=O) groups excluding carboxylic acids is 1. The van der Waals surface area contributed by atoms with Gasteiger partial charge in [-0.25, -0.2) is 9.78 Å². The first-order valence-corrected chi connectivity index (χ1v) is 6.24. The molecule has 2 N–H and O–H groups in total. The Morgan fingerprint density at radius 2 is 1.89 bits per heavy atom. The molecule has 0 aliphatic rings. The number of nitrogens with one attached hydrogen (secondary N) is 1. The van der Waals surface area contributed by atoms with Gasteiger partial charge in [0.1, 0.15) is 16.3 Å². The van der Waals surface area contributed by atoms with Crippen LogP contribution in [0.5, 0.6) is 0 Å². The van der Waals surface area contributed by atoms with Gasteiger partial charge in [0, 0.05) is 0 Å². The number of carboxylic acids is 1. The van der Waals surface area contributed by atoms with Gasteiger partial charge in [0.15, 0.2) is 0 Å². The lowest BCUT2D eigenvalue weighted by Crippen LogP contribution is -2.49. The van der Waals surface area contributed by atoms with Crippen molar-refractivity contribution >= 4 is 35.1 Å². The van der Waals surface area contributed by atoms with E-state index in [9.17, 15) is 9.59 Å². The fourth-order valence-corrected chi connectivity index (χ4v) is 1.87. The second-order valence-electron chi connectivity index (χ2n) is 5.08. The van der Waals surface area contributed by atoms with Gasteiger partial charge in [-0.05, 0) is 17.5 Å². The molecule has 0 spiro atoms. The molecular weight excluding hydrogens is 291 g/mol. The highest BCUT2D eigenvalue weighted by atomic mass is 35.5. The molecule has 19 heavy (non-hydrogen) atoms. The van der Waals surface area contributed by atoms with Gasteiger partial charge >= 0.3 is 5.97 Å². The lowest BCUT2D eigenvalue weighted by molar-refractivity contribution is -0.142. The molecule has 0 aliphatic heterocycles. The quantitative estimate of drug-likeness (QED) is 0.841. The number of rotatable bonds is 3. The standard InChI is InChI=1S/C12H14Cl2N2O3/c1-12(2,3)8(11(18)19)16-10(17)6-4-5-7(13)15-9(6)14/h4-5,8H,1-3H3,(H,16,17)(H,18,19). The van der Waals surface area contributed by atoms with Crippen LogP contribution in [0.25, 0.3) is 0 Å². The Balaban J connectivity index is 2.98. The molecule has 5 nitrogen and oxygen atoms in total. The van der Waals surface area contributed by atoms with E-state index in [4.69, 9.17) is 28.3 Å². The fraction of sp³-hybridized carbons (Fsp3) is 0.417. The van der Waals surface area contributed by atoms with Gasteiger partial charge in [-0.3, -0.25) is 4.79 Å². The van der Waals surface area contributed by atoms with E-state index in [0.717, 1.165) is 0 Å². The largest absolute Gasteiger partial charge is 0.480 e. The van der Waals surface area contributed by atoms with E-state index >= 15 is 0 Å². The summed E-state index contributed by atoms with van der Waals surface area (Å²) in [7, 11) is 0. The van der Waals surface area contributed by atoms with Gasteiger partial charge < -0.3 is 10.4 Å². The Morgan fingerprint density at radius 1 is 1.32 bits per heavy atom. The van der Waals surface area contributed by atoms with Crippen molar-refractivity contribution in [1.82, 2.24) is 10.3 Å². The average Bonchev–Trinajstić information content (AvgIpc) is 2.23. The van der Waals surface area contributed by atoms with Gasteiger partial charge in [-0.2, -0.15) is 0 Å². The fourth-order valence-electron chi connectivity index (χ4n) is 1.44. The van der Waals surface area contributed by atoms with E-state index in [1.54, 1.807) is 20.8 Å². The van der Waals surface area contributed by atoms with Crippen molar-refractivity contribution in [2.75, 3.05) is 0 Å². The van der Waals surface area contributed by atoms with Crippen molar-refractivity contribution in [3.63, 3.8) is 0 Å². The average molecular weight is 305 g/mol. The Morgan fingerprint density at radius 3 is 2.32 bits per heavy atom. The molecule has 1 aromatic rings. The summed E-state index contributed by atoms with van der Waals surface area (Å²) in [4.78, 5) is 26.9. The Kier molecular flexibility index (Phi) is 4.76. The number of pyridine rings is 1. The molecule has 0 fully saturated rings. The van der Waals surface area contributed by atoms with E-state index in [0.29, 0.717) is 0 Å². The molecule has 0 saturated carbocycles. The summed E-state index contributed by atoms with van der Waals surface area (Å²) < 4.78 is 0. The van der Waals surface area contributed by atoms with E-state index in [1.807, 2.05) is 0 Å². The van der Waals surface area contributed by atoms with Crippen LogP contribution in [0.3, 0.4) is 0 Å². The number of amides is 1. The van der Waals surface area contributed by atoms with E-state index in [1.165, 1.54) is 12.1 Å². The lowest BCUT2D eigenvalue weighted by Gasteiger charge is -2.27. The van der Waals surface area contributed by atoms with Crippen LogP contribution in [-0.4, -0.2) is 28.0 Å². The highest BCUT2D eigenvalue weighted by molar-refractivity contribution is 6.34. The van der Waals surface area contributed by atoms with Crippen LogP contribution in [0, 0.1) is 5.41 Å². The smallest absolute Gasteiger partial charge is 0.326 e. The molecule has 0 bridgehead atoms. The van der Waals surface area contributed by atoms with E-state index in [-0.39, 0.29) is 15.9 Å². The molecule has 1 aromatic heterocycles. The predicted octanol–water partition coefficient (Wildman–Crippen LogP) is 2.62. The number of carboxylic acid groups (broad SMARTS) is 1. The Labute approximate surface area is 120 Å². The minimum Gasteiger partial charge on any atom is -0.480 e. The Bertz CT molecular complexity index is 512. The van der Waals surface area contributed by atoms with Crippen LogP contribution in [0.2, 0.25) is 10.3 Å². The van der Waals surface area contributed by atoms with Crippen LogP contribution in [0.4, 0.5) is 0 Å². The van der Waals surface area contributed by atoms with Crippen molar-refractivity contribution in [2.24, 2.45) is 5.41 Å². The number of hydrogen-bond donors (Lipinski definition) is 2. The number of hydrogen-bond acceptors (Lipinski definition) is 3. The monoisotopic (exact) mass is 304 g/mol. The van der Waals surface area contributed by atoms with Gasteiger partial charge in [-0.1, -0.05) is 44.0 Å². The van der Waals surface area contributed by atoms with Crippen LogP contribution in [0.15, 0.2) is 12.1 Å². The van der Waals surface area contributed by atoms with Gasteiger partial charge in [0.2, 0.25) is 0 Å². The van der Waals surface area contributed by atoms with Crippen molar-refractivity contribution in [2.45, 2.75) is 26.8 Å². The highest BCUT2D eigenvalue weighted by Crippen LogP contribution is 2.21. The van der Waals surface area contributed by atoms with Crippen LogP contribution >= 0.6 is 23.2 Å². The molecule has 1 atom stereocenters. The number of aliphatic carboxylic acids is 1. The normalized spacial score (nSPS) is 12.9. The van der Waals surface area contributed by atoms with Crippen molar-refractivity contribution in [3.8, 4) is 0 Å². The minimum atomic E-state index is -1.11. The molecule has 1 heterocycles. The molecule has 0 aromatic carbocycles.